The van der Waals surface area contributed by atoms with Crippen molar-refractivity contribution in [3.8, 4) is 0 Å². The van der Waals surface area contributed by atoms with Crippen LogP contribution in [0.1, 0.15) is 12.7 Å². The molecule has 0 unspecified atom stereocenters. The van der Waals surface area contributed by atoms with E-state index in [1.165, 1.54) is 10.8 Å². The number of nitrogens with zero attached hydrogens (tertiary/aromatic N) is 3. The first-order valence-electron chi connectivity index (χ1n) is 3.87. The summed E-state index contributed by atoms with van der Waals surface area (Å²) >= 11 is 0. The Hall–Kier alpha value is -1.43. The SMILES string of the molecule is Cc1ncc([N+](=O)[O-])n1C[C@H](C)O. The third kappa shape index (κ3) is 2.03. The first-order chi connectivity index (χ1) is 6.02. The molecule has 13 heavy (non-hydrogen) atoms. The number of hydrogen-bond acceptors (Lipinski definition) is 4. The maximum atomic E-state index is 10.5. The quantitative estimate of drug-likeness (QED) is 0.548. The van der Waals surface area contributed by atoms with E-state index in [0.29, 0.717) is 5.82 Å². The number of rotatable bonds is 3. The summed E-state index contributed by atoms with van der Waals surface area (Å²) in [5.74, 6) is 0.450. The van der Waals surface area contributed by atoms with Crippen LogP contribution < -0.4 is 0 Å². The summed E-state index contributed by atoms with van der Waals surface area (Å²) in [5.41, 5.74) is 0. The molecule has 0 bridgehead atoms. The molecule has 1 aromatic rings. The molecule has 0 aliphatic rings. The van der Waals surface area contributed by atoms with Crippen molar-refractivity contribution in [1.29, 1.82) is 0 Å². The lowest BCUT2D eigenvalue weighted by Gasteiger charge is -2.04. The molecular weight excluding hydrogens is 174 g/mol. The molecule has 1 N–H and O–H groups in total. The van der Waals surface area contributed by atoms with E-state index in [0.717, 1.165) is 0 Å². The van der Waals surface area contributed by atoms with Gasteiger partial charge in [-0.2, -0.15) is 0 Å². The molecule has 0 spiro atoms. The Bertz CT molecular complexity index is 319. The Balaban J connectivity index is 3.01. The van der Waals surface area contributed by atoms with Crippen LogP contribution in [0.4, 0.5) is 5.82 Å². The molecule has 0 saturated heterocycles. The molecule has 0 amide bonds. The Morgan fingerprint density at radius 2 is 2.46 bits per heavy atom. The van der Waals surface area contributed by atoms with Crippen LogP contribution in [0.15, 0.2) is 6.20 Å². The lowest BCUT2D eigenvalue weighted by molar-refractivity contribution is -0.392. The van der Waals surface area contributed by atoms with Crippen LogP contribution in [0.3, 0.4) is 0 Å². The molecule has 0 fully saturated rings. The first kappa shape index (κ1) is 9.66. The zero-order valence-electron chi connectivity index (χ0n) is 7.47. The molecule has 1 aromatic heterocycles. The Labute approximate surface area is 75.0 Å². The van der Waals surface area contributed by atoms with Crippen molar-refractivity contribution < 1.29 is 10.0 Å². The molecule has 1 rings (SSSR count). The maximum absolute atomic E-state index is 10.5. The van der Waals surface area contributed by atoms with Gasteiger partial charge in [0.2, 0.25) is 0 Å². The van der Waals surface area contributed by atoms with Gasteiger partial charge in [-0.15, -0.1) is 0 Å². The molecule has 0 aliphatic carbocycles. The van der Waals surface area contributed by atoms with Crippen LogP contribution in [-0.2, 0) is 6.54 Å². The molecule has 0 saturated carbocycles. The highest BCUT2D eigenvalue weighted by molar-refractivity contribution is 5.18. The number of aliphatic hydroxyl groups excluding tert-OH is 1. The molecule has 72 valence electrons. The number of imidazole rings is 1. The van der Waals surface area contributed by atoms with E-state index in [1.54, 1.807) is 13.8 Å². The van der Waals surface area contributed by atoms with Crippen molar-refractivity contribution in [2.45, 2.75) is 26.5 Å². The van der Waals surface area contributed by atoms with Crippen LogP contribution in [0.5, 0.6) is 0 Å². The second-order valence-corrected chi connectivity index (χ2v) is 2.88. The van der Waals surface area contributed by atoms with Gasteiger partial charge in [0.25, 0.3) is 0 Å². The highest BCUT2D eigenvalue weighted by Gasteiger charge is 2.18. The van der Waals surface area contributed by atoms with E-state index in [1.807, 2.05) is 0 Å². The number of nitro groups is 1. The van der Waals surface area contributed by atoms with Crippen molar-refractivity contribution >= 4 is 5.82 Å². The average molecular weight is 185 g/mol. The Morgan fingerprint density at radius 3 is 2.92 bits per heavy atom. The van der Waals surface area contributed by atoms with Gasteiger partial charge >= 0.3 is 5.82 Å². The summed E-state index contributed by atoms with van der Waals surface area (Å²) in [6.45, 7) is 3.43. The minimum absolute atomic E-state index is 0.0848. The normalized spacial score (nSPS) is 12.8. The van der Waals surface area contributed by atoms with E-state index in [2.05, 4.69) is 4.98 Å². The first-order valence-corrected chi connectivity index (χ1v) is 3.87. The summed E-state index contributed by atoms with van der Waals surface area (Å²) in [7, 11) is 0. The fourth-order valence-electron chi connectivity index (χ4n) is 1.09. The van der Waals surface area contributed by atoms with Gasteiger partial charge in [-0.1, -0.05) is 0 Å². The zero-order valence-corrected chi connectivity index (χ0v) is 7.47. The number of aliphatic hydroxyl groups is 1. The van der Waals surface area contributed by atoms with Crippen molar-refractivity contribution in [2.24, 2.45) is 0 Å². The summed E-state index contributed by atoms with van der Waals surface area (Å²) in [6, 6.07) is 0. The minimum atomic E-state index is -0.619. The molecule has 6 heteroatoms. The Kier molecular flexibility index (Phi) is 2.62. The Morgan fingerprint density at radius 1 is 1.85 bits per heavy atom. The van der Waals surface area contributed by atoms with Crippen LogP contribution >= 0.6 is 0 Å². The molecule has 0 aliphatic heterocycles. The maximum Gasteiger partial charge on any atom is 0.342 e. The second-order valence-electron chi connectivity index (χ2n) is 2.88. The van der Waals surface area contributed by atoms with E-state index >= 15 is 0 Å². The average Bonchev–Trinajstić information content (AvgIpc) is 2.32. The number of aryl methyl sites for hydroxylation is 1. The van der Waals surface area contributed by atoms with Gasteiger partial charge in [-0.05, 0) is 11.8 Å². The predicted molar refractivity (Wildman–Crippen MR) is 45.3 cm³/mol. The van der Waals surface area contributed by atoms with Crippen molar-refractivity contribution in [3.63, 3.8) is 0 Å². The van der Waals surface area contributed by atoms with E-state index in [9.17, 15) is 10.1 Å². The highest BCUT2D eigenvalue weighted by Crippen LogP contribution is 2.13. The molecule has 1 heterocycles. The number of hydrogen-bond donors (Lipinski definition) is 1. The highest BCUT2D eigenvalue weighted by atomic mass is 16.6. The van der Waals surface area contributed by atoms with Crippen LogP contribution in [0.25, 0.3) is 0 Å². The van der Waals surface area contributed by atoms with Gasteiger partial charge < -0.3 is 15.2 Å². The molecular formula is C7H11N3O3. The third-order valence-corrected chi connectivity index (χ3v) is 1.67. The van der Waals surface area contributed by atoms with Gasteiger partial charge in [-0.3, -0.25) is 0 Å². The van der Waals surface area contributed by atoms with Gasteiger partial charge in [-0.25, -0.2) is 9.55 Å². The lowest BCUT2D eigenvalue weighted by atomic mass is 10.4. The summed E-state index contributed by atoms with van der Waals surface area (Å²) in [6.07, 6.45) is 0.573. The monoisotopic (exact) mass is 185 g/mol. The van der Waals surface area contributed by atoms with Crippen LogP contribution in [-0.4, -0.2) is 25.7 Å². The van der Waals surface area contributed by atoms with Crippen LogP contribution in [0, 0.1) is 17.0 Å². The van der Waals surface area contributed by atoms with Gasteiger partial charge in [0, 0.05) is 6.92 Å². The third-order valence-electron chi connectivity index (χ3n) is 1.67. The fraction of sp³-hybridized carbons (Fsp3) is 0.571. The topological polar surface area (TPSA) is 81.2 Å². The van der Waals surface area contributed by atoms with Crippen molar-refractivity contribution in [1.82, 2.24) is 9.55 Å². The fourth-order valence-corrected chi connectivity index (χ4v) is 1.09. The number of aromatic nitrogens is 2. The molecule has 0 radical (unpaired) electrons. The lowest BCUT2D eigenvalue weighted by Crippen LogP contribution is -2.14. The van der Waals surface area contributed by atoms with Gasteiger partial charge in [0.1, 0.15) is 12.7 Å². The van der Waals surface area contributed by atoms with Crippen molar-refractivity contribution in [3.05, 3.63) is 22.1 Å². The van der Waals surface area contributed by atoms with Crippen molar-refractivity contribution in [2.75, 3.05) is 0 Å². The van der Waals surface area contributed by atoms with Crippen LogP contribution in [0.2, 0.25) is 0 Å². The molecule has 6 nitrogen and oxygen atoms in total. The minimum Gasteiger partial charge on any atom is -0.389 e. The summed E-state index contributed by atoms with van der Waals surface area (Å²) < 4.78 is 1.38. The smallest absolute Gasteiger partial charge is 0.342 e. The standard InChI is InChI=1S/C7H11N3O3/c1-5(11)4-9-6(2)8-3-7(9)10(12)13/h3,5,11H,4H2,1-2H3/t5-/m0/s1. The second kappa shape index (κ2) is 3.53. The van der Waals surface area contributed by atoms with E-state index in [4.69, 9.17) is 5.11 Å². The van der Waals surface area contributed by atoms with E-state index < -0.39 is 11.0 Å². The summed E-state index contributed by atoms with van der Waals surface area (Å²) in [4.78, 5) is 13.8. The summed E-state index contributed by atoms with van der Waals surface area (Å²) in [5, 5.41) is 19.6. The zero-order chi connectivity index (χ0) is 10.0. The largest absolute Gasteiger partial charge is 0.389 e. The molecule has 0 aromatic carbocycles. The van der Waals surface area contributed by atoms with E-state index in [-0.39, 0.29) is 12.4 Å². The molecule has 1 atom stereocenters. The van der Waals surface area contributed by atoms with Gasteiger partial charge in [0.05, 0.1) is 6.10 Å². The van der Waals surface area contributed by atoms with Gasteiger partial charge in [0.15, 0.2) is 5.82 Å². The predicted octanol–water partition coefficient (Wildman–Crippen LogP) is 0.481.